The zero-order valence-electron chi connectivity index (χ0n) is 19.9. The number of rotatable bonds is 9. The van der Waals surface area contributed by atoms with Gasteiger partial charge < -0.3 is 14.8 Å². The van der Waals surface area contributed by atoms with Gasteiger partial charge in [0.15, 0.2) is 11.7 Å². The Balaban J connectivity index is 1.74. The van der Waals surface area contributed by atoms with Gasteiger partial charge in [-0.3, -0.25) is 20.2 Å². The summed E-state index contributed by atoms with van der Waals surface area (Å²) in [4.78, 5) is 35.9. The molecule has 188 valence electrons. The molecule has 1 amide bonds. The van der Waals surface area contributed by atoms with E-state index < -0.39 is 16.8 Å². The number of carbonyl (C=O) groups excluding carboxylic acids is 2. The van der Waals surface area contributed by atoms with Crippen LogP contribution in [0.3, 0.4) is 0 Å². The topological polar surface area (TPSA) is 120 Å². The van der Waals surface area contributed by atoms with Crippen LogP contribution >= 0.6 is 23.6 Å². The van der Waals surface area contributed by atoms with Gasteiger partial charge in [-0.1, -0.05) is 44.2 Å². The van der Waals surface area contributed by atoms with Crippen LogP contribution in [0, 0.1) is 10.1 Å². The van der Waals surface area contributed by atoms with Crippen molar-refractivity contribution >= 4 is 51.2 Å². The highest BCUT2D eigenvalue weighted by atomic mass is 32.1. The number of esters is 1. The van der Waals surface area contributed by atoms with Crippen LogP contribution in [0.25, 0.3) is 11.1 Å². The molecule has 9 nitrogen and oxygen atoms in total. The third kappa shape index (κ3) is 6.64. The van der Waals surface area contributed by atoms with E-state index in [1.54, 1.807) is 24.4 Å². The van der Waals surface area contributed by atoms with Crippen LogP contribution in [0.4, 0.5) is 10.7 Å². The van der Waals surface area contributed by atoms with Crippen LogP contribution in [0.5, 0.6) is 5.75 Å². The Morgan fingerprint density at radius 1 is 1.17 bits per heavy atom. The lowest BCUT2D eigenvalue weighted by molar-refractivity contribution is -0.384. The van der Waals surface area contributed by atoms with Crippen molar-refractivity contribution in [1.82, 2.24) is 5.32 Å². The lowest BCUT2D eigenvalue weighted by atomic mass is 10.0. The summed E-state index contributed by atoms with van der Waals surface area (Å²) >= 11 is 6.43. The standard InChI is InChI=1S/C25H25N3O6S2/c1-4-33-24(30)22-19(16-8-7-9-17(12-16)28(31)32)14-36-23(22)27-25(35)26-21(29)13-34-20-11-6-5-10-18(20)15(2)3/h5-12,14-15H,4,13H2,1-3H3,(H2,26,27,29,35). The van der Waals surface area contributed by atoms with Crippen molar-refractivity contribution < 1.29 is 24.0 Å². The first kappa shape index (κ1) is 26.8. The summed E-state index contributed by atoms with van der Waals surface area (Å²) in [5.74, 6) is -0.247. The van der Waals surface area contributed by atoms with E-state index >= 15 is 0 Å². The number of nitrogens with zero attached hydrogens (tertiary/aromatic N) is 1. The summed E-state index contributed by atoms with van der Waals surface area (Å²) in [6.07, 6.45) is 0. The number of nitrogens with one attached hydrogen (secondary N) is 2. The predicted octanol–water partition coefficient (Wildman–Crippen LogP) is 5.52. The van der Waals surface area contributed by atoms with Crippen LogP contribution in [0.2, 0.25) is 0 Å². The fourth-order valence-corrected chi connectivity index (χ4v) is 4.63. The molecule has 0 atom stereocenters. The number of thiophene rings is 1. The Hall–Kier alpha value is -3.83. The van der Waals surface area contributed by atoms with E-state index in [1.807, 2.05) is 32.0 Å². The van der Waals surface area contributed by atoms with E-state index in [0.29, 0.717) is 21.9 Å². The summed E-state index contributed by atoms with van der Waals surface area (Å²) in [5.41, 5.74) is 1.97. The first-order valence-electron chi connectivity index (χ1n) is 11.1. The van der Waals surface area contributed by atoms with Crippen LogP contribution < -0.4 is 15.4 Å². The Kier molecular flexibility index (Phi) is 9.09. The molecule has 3 aromatic rings. The number of nitro benzene ring substituents is 1. The molecule has 0 saturated heterocycles. The minimum absolute atomic E-state index is 0.0289. The van der Waals surface area contributed by atoms with Gasteiger partial charge in [0.25, 0.3) is 11.6 Å². The maximum absolute atomic E-state index is 12.7. The lowest BCUT2D eigenvalue weighted by Gasteiger charge is -2.14. The molecule has 0 aliphatic carbocycles. The number of benzene rings is 2. The third-order valence-corrected chi connectivity index (χ3v) is 6.12. The van der Waals surface area contributed by atoms with Crippen molar-refractivity contribution in [3.05, 3.63) is 75.2 Å². The first-order chi connectivity index (χ1) is 17.2. The predicted molar refractivity (Wildman–Crippen MR) is 143 cm³/mol. The van der Waals surface area contributed by atoms with Crippen molar-refractivity contribution in [2.45, 2.75) is 26.7 Å². The second-order valence-electron chi connectivity index (χ2n) is 7.86. The molecule has 0 fully saturated rings. The number of thiocarbonyl (C=S) groups is 1. The van der Waals surface area contributed by atoms with Crippen molar-refractivity contribution in [1.29, 1.82) is 0 Å². The Morgan fingerprint density at radius 2 is 1.92 bits per heavy atom. The number of hydrogen-bond acceptors (Lipinski definition) is 8. The largest absolute Gasteiger partial charge is 0.483 e. The summed E-state index contributed by atoms with van der Waals surface area (Å²) < 4.78 is 10.9. The van der Waals surface area contributed by atoms with E-state index in [9.17, 15) is 19.7 Å². The minimum atomic E-state index is -0.620. The van der Waals surface area contributed by atoms with E-state index in [4.69, 9.17) is 21.7 Å². The molecular formula is C25H25N3O6S2. The molecule has 11 heteroatoms. The summed E-state index contributed by atoms with van der Waals surface area (Å²) in [5, 5.41) is 18.6. The molecule has 1 heterocycles. The van der Waals surface area contributed by atoms with Gasteiger partial charge in [0.05, 0.1) is 11.5 Å². The number of non-ortho nitro benzene ring substituents is 1. The van der Waals surface area contributed by atoms with Crippen LogP contribution in [0.15, 0.2) is 53.9 Å². The average Bonchev–Trinajstić information content (AvgIpc) is 3.26. The highest BCUT2D eigenvalue weighted by molar-refractivity contribution is 7.80. The Bertz CT molecular complexity index is 1290. The van der Waals surface area contributed by atoms with Gasteiger partial charge in [-0.05, 0) is 42.3 Å². The molecule has 0 spiro atoms. The summed E-state index contributed by atoms with van der Waals surface area (Å²) in [6.45, 7) is 5.63. The monoisotopic (exact) mass is 527 g/mol. The van der Waals surface area contributed by atoms with E-state index in [1.165, 1.54) is 18.2 Å². The third-order valence-electron chi connectivity index (χ3n) is 5.02. The zero-order valence-corrected chi connectivity index (χ0v) is 21.5. The first-order valence-corrected chi connectivity index (χ1v) is 12.4. The number of carbonyl (C=O) groups is 2. The molecule has 0 saturated carbocycles. The van der Waals surface area contributed by atoms with Crippen molar-refractivity contribution in [2.24, 2.45) is 0 Å². The number of hydrogen-bond donors (Lipinski definition) is 2. The SMILES string of the molecule is CCOC(=O)c1c(-c2cccc([N+](=O)[O-])c2)csc1NC(=S)NC(=O)COc1ccccc1C(C)C. The van der Waals surface area contributed by atoms with Gasteiger partial charge >= 0.3 is 5.97 Å². The van der Waals surface area contributed by atoms with E-state index in [-0.39, 0.29) is 35.5 Å². The second-order valence-corrected chi connectivity index (χ2v) is 9.15. The normalized spacial score (nSPS) is 10.6. The molecule has 1 aromatic heterocycles. The van der Waals surface area contributed by atoms with Crippen LogP contribution in [0.1, 0.15) is 42.6 Å². The molecule has 0 radical (unpaired) electrons. The molecule has 36 heavy (non-hydrogen) atoms. The van der Waals surface area contributed by atoms with Crippen molar-refractivity contribution in [3.63, 3.8) is 0 Å². The number of ether oxygens (including phenoxy) is 2. The molecule has 2 aromatic carbocycles. The average molecular weight is 528 g/mol. The molecule has 0 aliphatic rings. The van der Waals surface area contributed by atoms with Gasteiger partial charge in [0, 0.05) is 23.1 Å². The fourth-order valence-electron chi connectivity index (χ4n) is 3.38. The van der Waals surface area contributed by atoms with Gasteiger partial charge in [-0.25, -0.2) is 4.79 Å². The number of amides is 1. The Labute approximate surface area is 217 Å². The van der Waals surface area contributed by atoms with Gasteiger partial charge in [0.1, 0.15) is 16.3 Å². The molecule has 0 bridgehead atoms. The smallest absolute Gasteiger partial charge is 0.341 e. The molecular weight excluding hydrogens is 502 g/mol. The van der Waals surface area contributed by atoms with Crippen molar-refractivity contribution in [2.75, 3.05) is 18.5 Å². The minimum Gasteiger partial charge on any atom is -0.483 e. The molecule has 0 unspecified atom stereocenters. The van der Waals surface area contributed by atoms with Gasteiger partial charge in [0.2, 0.25) is 0 Å². The zero-order chi connectivity index (χ0) is 26.2. The summed E-state index contributed by atoms with van der Waals surface area (Å²) in [6, 6.07) is 13.4. The van der Waals surface area contributed by atoms with E-state index in [2.05, 4.69) is 10.6 Å². The van der Waals surface area contributed by atoms with Crippen molar-refractivity contribution in [3.8, 4) is 16.9 Å². The van der Waals surface area contributed by atoms with Gasteiger partial charge in [-0.2, -0.15) is 0 Å². The number of para-hydroxylation sites is 1. The maximum atomic E-state index is 12.7. The molecule has 2 N–H and O–H groups in total. The Morgan fingerprint density at radius 3 is 2.61 bits per heavy atom. The second kappa shape index (κ2) is 12.2. The van der Waals surface area contributed by atoms with E-state index in [0.717, 1.165) is 16.9 Å². The van der Waals surface area contributed by atoms with Gasteiger partial charge in [-0.15, -0.1) is 11.3 Å². The number of anilines is 1. The number of nitro groups is 1. The molecule has 3 rings (SSSR count). The highest BCUT2D eigenvalue weighted by Gasteiger charge is 2.23. The summed E-state index contributed by atoms with van der Waals surface area (Å²) in [7, 11) is 0. The lowest BCUT2D eigenvalue weighted by Crippen LogP contribution is -2.37. The highest BCUT2D eigenvalue weighted by Crippen LogP contribution is 2.37. The fraction of sp³-hybridized carbons (Fsp3) is 0.240. The maximum Gasteiger partial charge on any atom is 0.341 e. The van der Waals surface area contributed by atoms with Crippen LogP contribution in [-0.4, -0.2) is 35.1 Å². The molecule has 0 aliphatic heterocycles. The quantitative estimate of drug-likeness (QED) is 0.162. The van der Waals surface area contributed by atoms with Crippen LogP contribution in [-0.2, 0) is 9.53 Å².